The molecule has 0 aliphatic rings. The summed E-state index contributed by atoms with van der Waals surface area (Å²) in [5.74, 6) is 0.667. The molecule has 0 spiro atoms. The standard InChI is InChI=1S/C14H12FN3/c15-11-3-1-10(2-4-11)7-14-17-8-13-6-5-12(16)9-18(13)14/h1-6,8-9H,7,16H2. The fourth-order valence-corrected chi connectivity index (χ4v) is 1.98. The van der Waals surface area contributed by atoms with Crippen LogP contribution in [0.2, 0.25) is 0 Å². The molecule has 0 aliphatic heterocycles. The summed E-state index contributed by atoms with van der Waals surface area (Å²) in [5, 5.41) is 0. The molecule has 18 heavy (non-hydrogen) atoms. The van der Waals surface area contributed by atoms with E-state index >= 15 is 0 Å². The zero-order chi connectivity index (χ0) is 12.5. The van der Waals surface area contributed by atoms with Gasteiger partial charge in [-0.3, -0.25) is 0 Å². The van der Waals surface area contributed by atoms with E-state index in [9.17, 15) is 4.39 Å². The van der Waals surface area contributed by atoms with E-state index in [1.165, 1.54) is 12.1 Å². The molecule has 2 heterocycles. The summed E-state index contributed by atoms with van der Waals surface area (Å²) in [4.78, 5) is 4.37. The molecule has 0 saturated carbocycles. The molecule has 0 unspecified atom stereocenters. The fraction of sp³-hybridized carbons (Fsp3) is 0.0714. The zero-order valence-corrected chi connectivity index (χ0v) is 9.68. The highest BCUT2D eigenvalue weighted by Gasteiger charge is 2.05. The van der Waals surface area contributed by atoms with Gasteiger partial charge in [0.2, 0.25) is 0 Å². The van der Waals surface area contributed by atoms with Crippen molar-refractivity contribution in [2.75, 3.05) is 5.73 Å². The second-order valence-corrected chi connectivity index (χ2v) is 4.23. The minimum Gasteiger partial charge on any atom is -0.398 e. The third kappa shape index (κ3) is 1.93. The van der Waals surface area contributed by atoms with Crippen molar-refractivity contribution in [3.8, 4) is 0 Å². The van der Waals surface area contributed by atoms with Crippen LogP contribution in [-0.2, 0) is 6.42 Å². The maximum Gasteiger partial charge on any atom is 0.123 e. The number of anilines is 1. The van der Waals surface area contributed by atoms with Gasteiger partial charge in [-0.2, -0.15) is 0 Å². The maximum atomic E-state index is 12.8. The number of halogens is 1. The molecule has 0 atom stereocenters. The molecule has 0 bridgehead atoms. The number of rotatable bonds is 2. The monoisotopic (exact) mass is 241 g/mol. The summed E-state index contributed by atoms with van der Waals surface area (Å²) < 4.78 is 14.8. The first kappa shape index (κ1) is 10.8. The molecule has 3 aromatic rings. The van der Waals surface area contributed by atoms with Crippen molar-refractivity contribution in [3.63, 3.8) is 0 Å². The summed E-state index contributed by atoms with van der Waals surface area (Å²) in [6.07, 6.45) is 4.30. The highest BCUT2D eigenvalue weighted by molar-refractivity contribution is 5.52. The Bertz CT molecular complexity index is 686. The Morgan fingerprint density at radius 1 is 1.11 bits per heavy atom. The number of hydrogen-bond donors (Lipinski definition) is 1. The lowest BCUT2D eigenvalue weighted by Gasteiger charge is -2.03. The van der Waals surface area contributed by atoms with Crippen LogP contribution >= 0.6 is 0 Å². The molecule has 0 fully saturated rings. The first-order valence-corrected chi connectivity index (χ1v) is 5.68. The smallest absolute Gasteiger partial charge is 0.123 e. The zero-order valence-electron chi connectivity index (χ0n) is 9.68. The van der Waals surface area contributed by atoms with E-state index in [2.05, 4.69) is 4.98 Å². The van der Waals surface area contributed by atoms with Gasteiger partial charge in [0.25, 0.3) is 0 Å². The first-order chi connectivity index (χ1) is 8.72. The lowest BCUT2D eigenvalue weighted by Crippen LogP contribution is -1.98. The number of fused-ring (bicyclic) bond motifs is 1. The molecule has 2 N–H and O–H groups in total. The van der Waals surface area contributed by atoms with E-state index in [0.717, 1.165) is 16.9 Å². The van der Waals surface area contributed by atoms with Gasteiger partial charge in [0.1, 0.15) is 11.6 Å². The number of aromatic nitrogens is 2. The normalized spacial score (nSPS) is 10.9. The molecule has 2 aromatic heterocycles. The van der Waals surface area contributed by atoms with Crippen LogP contribution in [0.5, 0.6) is 0 Å². The molecule has 0 radical (unpaired) electrons. The average Bonchev–Trinajstić information content (AvgIpc) is 2.75. The van der Waals surface area contributed by atoms with Crippen LogP contribution in [-0.4, -0.2) is 9.38 Å². The van der Waals surface area contributed by atoms with Gasteiger partial charge in [0.05, 0.1) is 11.7 Å². The molecule has 1 aromatic carbocycles. The second-order valence-electron chi connectivity index (χ2n) is 4.23. The number of pyridine rings is 1. The van der Waals surface area contributed by atoms with Crippen molar-refractivity contribution in [1.29, 1.82) is 0 Å². The summed E-state index contributed by atoms with van der Waals surface area (Å²) in [6, 6.07) is 10.2. The average molecular weight is 241 g/mol. The topological polar surface area (TPSA) is 43.3 Å². The third-order valence-corrected chi connectivity index (χ3v) is 2.90. The highest BCUT2D eigenvalue weighted by Crippen LogP contribution is 2.14. The number of hydrogen-bond acceptors (Lipinski definition) is 2. The summed E-state index contributed by atoms with van der Waals surface area (Å²) in [6.45, 7) is 0. The Labute approximate surface area is 104 Å². The molecule has 3 rings (SSSR count). The summed E-state index contributed by atoms with van der Waals surface area (Å²) in [5.41, 5.74) is 8.48. The Kier molecular flexibility index (Phi) is 2.48. The predicted octanol–water partition coefficient (Wildman–Crippen LogP) is 2.65. The molecule has 0 amide bonds. The van der Waals surface area contributed by atoms with Gasteiger partial charge in [0.15, 0.2) is 0 Å². The Morgan fingerprint density at radius 2 is 1.89 bits per heavy atom. The van der Waals surface area contributed by atoms with E-state index in [1.807, 2.05) is 22.7 Å². The molecule has 90 valence electrons. The van der Waals surface area contributed by atoms with Crippen molar-refractivity contribution in [1.82, 2.24) is 9.38 Å². The lowest BCUT2D eigenvalue weighted by atomic mass is 10.1. The van der Waals surface area contributed by atoms with Crippen LogP contribution in [0.3, 0.4) is 0 Å². The van der Waals surface area contributed by atoms with E-state index in [0.29, 0.717) is 12.1 Å². The number of nitrogens with zero attached hydrogens (tertiary/aromatic N) is 2. The highest BCUT2D eigenvalue weighted by atomic mass is 19.1. The summed E-state index contributed by atoms with van der Waals surface area (Å²) >= 11 is 0. The number of nitrogen functional groups attached to an aromatic ring is 1. The van der Waals surface area contributed by atoms with E-state index < -0.39 is 0 Å². The Balaban J connectivity index is 1.99. The predicted molar refractivity (Wildman–Crippen MR) is 68.8 cm³/mol. The van der Waals surface area contributed by atoms with Gasteiger partial charge < -0.3 is 10.1 Å². The number of nitrogens with two attached hydrogens (primary N) is 1. The summed E-state index contributed by atoms with van der Waals surface area (Å²) in [7, 11) is 0. The number of imidazole rings is 1. The fourth-order valence-electron chi connectivity index (χ4n) is 1.98. The van der Waals surface area contributed by atoms with Crippen molar-refractivity contribution >= 4 is 11.2 Å². The number of benzene rings is 1. The van der Waals surface area contributed by atoms with E-state index in [4.69, 9.17) is 5.73 Å². The van der Waals surface area contributed by atoms with Crippen molar-refractivity contribution in [3.05, 3.63) is 66.0 Å². The van der Waals surface area contributed by atoms with Gasteiger partial charge in [-0.1, -0.05) is 12.1 Å². The van der Waals surface area contributed by atoms with Gasteiger partial charge in [-0.05, 0) is 29.8 Å². The van der Waals surface area contributed by atoms with Gasteiger partial charge in [-0.25, -0.2) is 9.37 Å². The lowest BCUT2D eigenvalue weighted by molar-refractivity contribution is 0.627. The van der Waals surface area contributed by atoms with E-state index in [1.54, 1.807) is 18.3 Å². The van der Waals surface area contributed by atoms with Gasteiger partial charge in [0, 0.05) is 18.3 Å². The van der Waals surface area contributed by atoms with Crippen molar-refractivity contribution in [2.24, 2.45) is 0 Å². The van der Waals surface area contributed by atoms with Crippen LogP contribution in [0.1, 0.15) is 11.4 Å². The Morgan fingerprint density at radius 3 is 2.67 bits per heavy atom. The Hall–Kier alpha value is -2.36. The van der Waals surface area contributed by atoms with Gasteiger partial charge >= 0.3 is 0 Å². The molecular formula is C14H12FN3. The van der Waals surface area contributed by atoms with Gasteiger partial charge in [-0.15, -0.1) is 0 Å². The molecule has 4 heteroatoms. The van der Waals surface area contributed by atoms with Crippen LogP contribution in [0.25, 0.3) is 5.52 Å². The van der Waals surface area contributed by atoms with Crippen LogP contribution < -0.4 is 5.73 Å². The maximum absolute atomic E-state index is 12.8. The first-order valence-electron chi connectivity index (χ1n) is 5.68. The molecule has 0 aliphatic carbocycles. The molecular weight excluding hydrogens is 229 g/mol. The quantitative estimate of drug-likeness (QED) is 0.749. The minimum atomic E-state index is -0.226. The van der Waals surface area contributed by atoms with E-state index in [-0.39, 0.29) is 5.82 Å². The largest absolute Gasteiger partial charge is 0.398 e. The van der Waals surface area contributed by atoms with Crippen molar-refractivity contribution < 1.29 is 4.39 Å². The minimum absolute atomic E-state index is 0.226. The molecule has 3 nitrogen and oxygen atoms in total. The third-order valence-electron chi connectivity index (χ3n) is 2.90. The molecule has 0 saturated heterocycles. The van der Waals surface area contributed by atoms with Crippen LogP contribution in [0.15, 0.2) is 48.8 Å². The van der Waals surface area contributed by atoms with Crippen LogP contribution in [0, 0.1) is 5.82 Å². The van der Waals surface area contributed by atoms with Crippen LogP contribution in [0.4, 0.5) is 10.1 Å². The second kappa shape index (κ2) is 4.14. The van der Waals surface area contributed by atoms with Crippen molar-refractivity contribution in [2.45, 2.75) is 6.42 Å². The SMILES string of the molecule is Nc1ccc2cnc(Cc3ccc(F)cc3)n2c1.